The van der Waals surface area contributed by atoms with Gasteiger partial charge in [0, 0.05) is 18.7 Å². The number of carbonyl (C=O) groups excluding carboxylic acids is 1. The van der Waals surface area contributed by atoms with Gasteiger partial charge in [0.1, 0.15) is 5.69 Å². The van der Waals surface area contributed by atoms with Gasteiger partial charge in [0.15, 0.2) is 6.61 Å². The zero-order chi connectivity index (χ0) is 13.1. The lowest BCUT2D eigenvalue weighted by Crippen LogP contribution is -2.32. The zero-order valence-electron chi connectivity index (χ0n) is 10.1. The van der Waals surface area contributed by atoms with Crippen molar-refractivity contribution in [2.75, 3.05) is 19.7 Å². The molecule has 2 heterocycles. The molecule has 7 nitrogen and oxygen atoms in total. The molecule has 0 spiro atoms. The molecule has 0 aliphatic carbocycles. The minimum absolute atomic E-state index is 0.0152. The first-order valence-corrected chi connectivity index (χ1v) is 5.78. The van der Waals surface area contributed by atoms with Crippen molar-refractivity contribution < 1.29 is 19.4 Å². The van der Waals surface area contributed by atoms with Crippen molar-refractivity contribution in [2.45, 2.75) is 19.8 Å². The number of ether oxygens (including phenoxy) is 1. The highest BCUT2D eigenvalue weighted by Gasteiger charge is 2.20. The molecule has 0 atom stereocenters. The minimum atomic E-state index is -1.10. The molecule has 2 rings (SSSR count). The van der Waals surface area contributed by atoms with Crippen LogP contribution in [0, 0.1) is 6.92 Å². The number of aromatic nitrogens is 2. The molecule has 7 heteroatoms. The highest BCUT2D eigenvalue weighted by atomic mass is 16.5. The molecule has 0 radical (unpaired) electrons. The summed E-state index contributed by atoms with van der Waals surface area (Å²) in [4.78, 5) is 24.2. The molecule has 0 aromatic carbocycles. The fourth-order valence-corrected chi connectivity index (χ4v) is 1.92. The maximum Gasteiger partial charge on any atom is 0.354 e. The van der Waals surface area contributed by atoms with E-state index >= 15 is 0 Å². The number of carbonyl (C=O) groups is 2. The number of hydrogen-bond donors (Lipinski definition) is 2. The van der Waals surface area contributed by atoms with Crippen molar-refractivity contribution in [3.63, 3.8) is 0 Å². The van der Waals surface area contributed by atoms with E-state index in [1.807, 2.05) is 0 Å². The van der Waals surface area contributed by atoms with Crippen molar-refractivity contribution in [1.29, 1.82) is 0 Å². The van der Waals surface area contributed by atoms with Gasteiger partial charge in [-0.25, -0.2) is 4.79 Å². The van der Waals surface area contributed by atoms with Gasteiger partial charge in [0.2, 0.25) is 5.88 Å². The summed E-state index contributed by atoms with van der Waals surface area (Å²) < 4.78 is 5.24. The van der Waals surface area contributed by atoms with Gasteiger partial charge in [-0.05, 0) is 19.8 Å². The Labute approximate surface area is 104 Å². The van der Waals surface area contributed by atoms with Gasteiger partial charge in [0.05, 0.1) is 0 Å². The van der Waals surface area contributed by atoms with Crippen molar-refractivity contribution in [2.24, 2.45) is 0 Å². The third-order valence-corrected chi connectivity index (χ3v) is 2.97. The predicted molar refractivity (Wildman–Crippen MR) is 61.6 cm³/mol. The van der Waals surface area contributed by atoms with E-state index in [0.29, 0.717) is 5.56 Å². The molecule has 1 saturated heterocycles. The Hall–Kier alpha value is -2.05. The van der Waals surface area contributed by atoms with Crippen LogP contribution in [0.4, 0.5) is 0 Å². The third-order valence-electron chi connectivity index (χ3n) is 2.97. The summed E-state index contributed by atoms with van der Waals surface area (Å²) in [5.74, 6) is -1.02. The Morgan fingerprint density at radius 3 is 2.67 bits per heavy atom. The highest BCUT2D eigenvalue weighted by Crippen LogP contribution is 2.17. The summed E-state index contributed by atoms with van der Waals surface area (Å²) in [6.07, 6.45) is 2.05. The SMILES string of the molecule is Cc1c(OCC(=O)N2CCCC2)n[nH]c1C(=O)O. The van der Waals surface area contributed by atoms with Gasteiger partial charge in [-0.15, -0.1) is 5.10 Å². The van der Waals surface area contributed by atoms with E-state index in [1.54, 1.807) is 11.8 Å². The van der Waals surface area contributed by atoms with E-state index in [-0.39, 0.29) is 24.1 Å². The van der Waals surface area contributed by atoms with E-state index in [4.69, 9.17) is 9.84 Å². The molecule has 1 aromatic heterocycles. The minimum Gasteiger partial charge on any atom is -0.477 e. The third kappa shape index (κ3) is 2.44. The predicted octanol–water partition coefficient (Wildman–Crippen LogP) is 0.418. The molecule has 0 saturated carbocycles. The topological polar surface area (TPSA) is 95.5 Å². The van der Waals surface area contributed by atoms with Crippen molar-refractivity contribution in [3.05, 3.63) is 11.3 Å². The lowest BCUT2D eigenvalue weighted by molar-refractivity contribution is -0.132. The van der Waals surface area contributed by atoms with Crippen molar-refractivity contribution in [1.82, 2.24) is 15.1 Å². The van der Waals surface area contributed by atoms with Gasteiger partial charge in [-0.1, -0.05) is 0 Å². The van der Waals surface area contributed by atoms with Crippen molar-refractivity contribution >= 4 is 11.9 Å². The Morgan fingerprint density at radius 2 is 2.11 bits per heavy atom. The number of likely N-dealkylation sites (tertiary alicyclic amines) is 1. The lowest BCUT2D eigenvalue weighted by Gasteiger charge is -2.14. The van der Waals surface area contributed by atoms with Crippen LogP contribution >= 0.6 is 0 Å². The van der Waals surface area contributed by atoms with Crippen LogP contribution in [0.5, 0.6) is 5.88 Å². The molecule has 1 aliphatic rings. The average molecular weight is 253 g/mol. The number of nitrogens with one attached hydrogen (secondary N) is 1. The van der Waals surface area contributed by atoms with Gasteiger partial charge in [-0.2, -0.15) is 0 Å². The monoisotopic (exact) mass is 253 g/mol. The molecule has 0 unspecified atom stereocenters. The maximum atomic E-state index is 11.7. The van der Waals surface area contributed by atoms with Crippen molar-refractivity contribution in [3.8, 4) is 5.88 Å². The Bertz CT molecular complexity index is 463. The van der Waals surface area contributed by atoms with E-state index < -0.39 is 5.97 Å². The van der Waals surface area contributed by atoms with Gasteiger partial charge in [-0.3, -0.25) is 9.89 Å². The summed E-state index contributed by atoms with van der Waals surface area (Å²) in [6.45, 7) is 3.01. The molecule has 98 valence electrons. The molecular weight excluding hydrogens is 238 g/mol. The first-order valence-electron chi connectivity index (χ1n) is 5.78. The Kier molecular flexibility index (Phi) is 3.50. The maximum absolute atomic E-state index is 11.7. The van der Waals surface area contributed by atoms with Gasteiger partial charge >= 0.3 is 5.97 Å². The molecule has 1 aliphatic heterocycles. The number of carboxylic acid groups (broad SMARTS) is 1. The Morgan fingerprint density at radius 1 is 1.44 bits per heavy atom. The highest BCUT2D eigenvalue weighted by molar-refractivity contribution is 5.87. The fourth-order valence-electron chi connectivity index (χ4n) is 1.92. The fraction of sp³-hybridized carbons (Fsp3) is 0.545. The first-order chi connectivity index (χ1) is 8.59. The second-order valence-electron chi connectivity index (χ2n) is 4.21. The number of rotatable bonds is 4. The first kappa shape index (κ1) is 12.4. The second-order valence-corrected chi connectivity index (χ2v) is 4.21. The molecule has 0 bridgehead atoms. The molecular formula is C11H15N3O4. The normalized spacial score (nSPS) is 14.8. The molecule has 1 fully saturated rings. The van der Waals surface area contributed by atoms with Crippen LogP contribution in [-0.4, -0.2) is 51.8 Å². The summed E-state index contributed by atoms with van der Waals surface area (Å²) in [6, 6.07) is 0. The number of carboxylic acids is 1. The smallest absolute Gasteiger partial charge is 0.354 e. The van der Waals surface area contributed by atoms with Gasteiger partial charge in [0.25, 0.3) is 5.91 Å². The average Bonchev–Trinajstić information content (AvgIpc) is 2.95. The molecule has 18 heavy (non-hydrogen) atoms. The van der Waals surface area contributed by atoms with Crippen LogP contribution < -0.4 is 4.74 Å². The second kappa shape index (κ2) is 5.07. The number of hydrogen-bond acceptors (Lipinski definition) is 4. The Balaban J connectivity index is 1.93. The van der Waals surface area contributed by atoms with E-state index in [2.05, 4.69) is 10.2 Å². The van der Waals surface area contributed by atoms with Crippen LogP contribution in [0.25, 0.3) is 0 Å². The van der Waals surface area contributed by atoms with E-state index in [1.165, 1.54) is 0 Å². The summed E-state index contributed by atoms with van der Waals surface area (Å²) in [7, 11) is 0. The van der Waals surface area contributed by atoms with E-state index in [0.717, 1.165) is 25.9 Å². The number of aromatic carboxylic acids is 1. The zero-order valence-corrected chi connectivity index (χ0v) is 10.1. The number of nitrogens with zero attached hydrogens (tertiary/aromatic N) is 2. The molecule has 2 N–H and O–H groups in total. The van der Waals surface area contributed by atoms with Crippen LogP contribution in [0.2, 0.25) is 0 Å². The summed E-state index contributed by atoms with van der Waals surface area (Å²) >= 11 is 0. The number of amides is 1. The van der Waals surface area contributed by atoms with Crippen LogP contribution in [0.1, 0.15) is 28.9 Å². The number of aromatic amines is 1. The molecule has 1 aromatic rings. The van der Waals surface area contributed by atoms with Gasteiger partial charge < -0.3 is 14.7 Å². The molecule has 1 amide bonds. The lowest BCUT2D eigenvalue weighted by atomic mass is 10.3. The van der Waals surface area contributed by atoms with E-state index in [9.17, 15) is 9.59 Å². The standard InChI is InChI=1S/C11H15N3O4/c1-7-9(11(16)17)12-13-10(7)18-6-8(15)14-4-2-3-5-14/h2-6H2,1H3,(H,12,13)(H,16,17). The van der Waals surface area contributed by atoms with Crippen LogP contribution in [0.15, 0.2) is 0 Å². The van der Waals surface area contributed by atoms with Crippen LogP contribution in [0.3, 0.4) is 0 Å². The largest absolute Gasteiger partial charge is 0.477 e. The quantitative estimate of drug-likeness (QED) is 0.810. The number of H-pyrrole nitrogens is 1. The summed E-state index contributed by atoms with van der Waals surface area (Å²) in [5, 5.41) is 14.9. The summed E-state index contributed by atoms with van der Waals surface area (Å²) in [5.41, 5.74) is 0.385. The van der Waals surface area contributed by atoms with Crippen LogP contribution in [-0.2, 0) is 4.79 Å².